The maximum Gasteiger partial charge on any atom is 0.313 e. The first-order valence-electron chi connectivity index (χ1n) is 16.5. The number of allylic oxidation sites excluding steroid dienone is 1. The van der Waals surface area contributed by atoms with Crippen LogP contribution in [0.2, 0.25) is 0 Å². The number of nitrogens with zero attached hydrogens (tertiary/aromatic N) is 2. The summed E-state index contributed by atoms with van der Waals surface area (Å²) < 4.78 is 12.7. The van der Waals surface area contributed by atoms with Gasteiger partial charge >= 0.3 is 5.97 Å². The highest BCUT2D eigenvalue weighted by Gasteiger charge is 2.77. The van der Waals surface area contributed by atoms with Crippen LogP contribution in [0.3, 0.4) is 0 Å². The Kier molecular flexibility index (Phi) is 10.3. The minimum Gasteiger partial charge on any atom is -0.455 e. The average Bonchev–Trinajstić information content (AvgIpc) is 3.71. The molecule has 10 nitrogen and oxygen atoms in total. The lowest BCUT2D eigenvalue weighted by Crippen LogP contribution is -2.57. The van der Waals surface area contributed by atoms with E-state index in [0.717, 1.165) is 10.8 Å². The third-order valence-corrected chi connectivity index (χ3v) is 10.6. The van der Waals surface area contributed by atoms with Crippen molar-refractivity contribution in [2.24, 2.45) is 11.8 Å². The molecule has 3 amide bonds. The monoisotopic (exact) mass is 729 g/mol. The van der Waals surface area contributed by atoms with Gasteiger partial charge in [-0.25, -0.2) is 0 Å². The average molecular weight is 731 g/mol. The molecular weight excluding hydrogens is 690 g/mol. The van der Waals surface area contributed by atoms with Crippen LogP contribution in [0.15, 0.2) is 98.1 Å². The normalized spacial score (nSPS) is 25.9. The predicted molar refractivity (Wildman–Crippen MR) is 189 cm³/mol. The van der Waals surface area contributed by atoms with Crippen molar-refractivity contribution in [2.45, 2.75) is 47.9 Å². The van der Waals surface area contributed by atoms with Gasteiger partial charge in [-0.2, -0.15) is 0 Å². The molecule has 11 heteroatoms. The summed E-state index contributed by atoms with van der Waals surface area (Å²) in [6.07, 6.45) is 2.78. The van der Waals surface area contributed by atoms with E-state index < -0.39 is 53.5 Å². The first-order chi connectivity index (χ1) is 23.7. The molecule has 256 valence electrons. The third-order valence-electron chi connectivity index (χ3n) is 9.75. The SMILES string of the molecule is C=CCCC(=O)NC[C@@H](OC(=O)[C@H]1[C@@H]2O[C@@]3(CC2Br)[C@@H]1C(=O)N(CCO)[C@@H]3C(=O)N(CC=C)c1ccc2ccccc2c1)c1ccccc1. The standard InChI is InChI=1S/C38H40BrN3O7/c1-3-5-15-30(44)40-23-29(25-12-7-6-8-13-25)48-37(47)31-32-35(45)42(19-20-43)34(38(32)22-28(39)33(31)49-38)36(46)41(18-4-2)27-17-16-24-11-9-10-14-26(24)21-27/h3-4,6-14,16-17,21,28-29,31-34,43H,1-2,5,15,18-20,22-23H2,(H,40,44)/t28?,29-,31-,32+,33-,34-,38+/m1/s1. The van der Waals surface area contributed by atoms with E-state index in [1.807, 2.05) is 60.7 Å². The molecule has 2 bridgehead atoms. The molecule has 3 heterocycles. The Morgan fingerprint density at radius 1 is 1.08 bits per heavy atom. The van der Waals surface area contributed by atoms with Crippen LogP contribution in [0.4, 0.5) is 5.69 Å². The Morgan fingerprint density at radius 2 is 1.82 bits per heavy atom. The number of hydrogen-bond acceptors (Lipinski definition) is 7. The number of alkyl halides is 1. The van der Waals surface area contributed by atoms with Gasteiger partial charge in [-0.1, -0.05) is 88.7 Å². The van der Waals surface area contributed by atoms with Crippen molar-refractivity contribution in [3.8, 4) is 0 Å². The number of anilines is 1. The van der Waals surface area contributed by atoms with E-state index in [2.05, 4.69) is 34.4 Å². The number of nitrogens with one attached hydrogen (secondary N) is 1. The molecule has 0 saturated carbocycles. The topological polar surface area (TPSA) is 125 Å². The van der Waals surface area contributed by atoms with E-state index in [1.54, 1.807) is 29.2 Å². The molecule has 7 atom stereocenters. The maximum atomic E-state index is 14.7. The highest BCUT2D eigenvalue weighted by molar-refractivity contribution is 9.09. The summed E-state index contributed by atoms with van der Waals surface area (Å²) in [7, 11) is 0. The van der Waals surface area contributed by atoms with Crippen LogP contribution in [0.25, 0.3) is 10.8 Å². The summed E-state index contributed by atoms with van der Waals surface area (Å²) in [5.74, 6) is -3.73. The van der Waals surface area contributed by atoms with Gasteiger partial charge in [0.05, 0.1) is 31.1 Å². The number of amides is 3. The number of carbonyl (C=O) groups excluding carboxylic acids is 4. The summed E-state index contributed by atoms with van der Waals surface area (Å²) in [6.45, 7) is 7.24. The number of halogens is 1. The zero-order valence-electron chi connectivity index (χ0n) is 27.1. The molecule has 1 unspecified atom stereocenters. The van der Waals surface area contributed by atoms with Gasteiger partial charge in [0.1, 0.15) is 17.7 Å². The number of benzene rings is 3. The second-order valence-corrected chi connectivity index (χ2v) is 13.8. The molecular formula is C38H40BrN3O7. The largest absolute Gasteiger partial charge is 0.455 e. The van der Waals surface area contributed by atoms with Crippen molar-refractivity contribution in [3.63, 3.8) is 0 Å². The number of carbonyl (C=O) groups is 4. The van der Waals surface area contributed by atoms with Gasteiger partial charge in [0.15, 0.2) is 0 Å². The van der Waals surface area contributed by atoms with E-state index in [0.29, 0.717) is 24.1 Å². The van der Waals surface area contributed by atoms with Gasteiger partial charge in [0.2, 0.25) is 11.8 Å². The fourth-order valence-corrected chi connectivity index (χ4v) is 8.56. The van der Waals surface area contributed by atoms with Crippen molar-refractivity contribution in [3.05, 3.63) is 104 Å². The molecule has 49 heavy (non-hydrogen) atoms. The Morgan fingerprint density at radius 3 is 2.53 bits per heavy atom. The third kappa shape index (κ3) is 6.42. The van der Waals surface area contributed by atoms with Crippen LogP contribution in [-0.4, -0.2) is 82.5 Å². The molecule has 0 aromatic heterocycles. The van der Waals surface area contributed by atoms with E-state index >= 15 is 0 Å². The van der Waals surface area contributed by atoms with E-state index in [-0.39, 0.29) is 43.4 Å². The lowest BCUT2D eigenvalue weighted by atomic mass is 9.70. The Bertz CT molecular complexity index is 1750. The molecule has 0 radical (unpaired) electrons. The van der Waals surface area contributed by atoms with Gasteiger partial charge in [-0.15, -0.1) is 13.2 Å². The molecule has 6 rings (SSSR count). The molecule has 0 aliphatic carbocycles. The number of ether oxygens (including phenoxy) is 2. The smallest absolute Gasteiger partial charge is 0.313 e. The minimum absolute atomic E-state index is 0.0332. The van der Waals surface area contributed by atoms with Crippen molar-refractivity contribution >= 4 is 56.1 Å². The fraction of sp³-hybridized carbons (Fsp3) is 0.368. The number of hydrogen-bond donors (Lipinski definition) is 2. The highest BCUT2D eigenvalue weighted by Crippen LogP contribution is 2.60. The number of aliphatic hydroxyl groups is 1. The lowest BCUT2D eigenvalue weighted by Gasteiger charge is -2.37. The highest BCUT2D eigenvalue weighted by atomic mass is 79.9. The van der Waals surface area contributed by atoms with Gasteiger partial charge < -0.3 is 29.7 Å². The molecule has 3 aromatic rings. The molecule has 1 spiro atoms. The van der Waals surface area contributed by atoms with Crippen molar-refractivity contribution in [1.29, 1.82) is 0 Å². The summed E-state index contributed by atoms with van der Waals surface area (Å²) >= 11 is 3.70. The number of fused-ring (bicyclic) bond motifs is 2. The van der Waals surface area contributed by atoms with E-state index in [1.165, 1.54) is 4.90 Å². The molecule has 3 fully saturated rings. The zero-order chi connectivity index (χ0) is 34.7. The van der Waals surface area contributed by atoms with Gasteiger partial charge in [0.25, 0.3) is 5.91 Å². The minimum atomic E-state index is -1.34. The van der Waals surface area contributed by atoms with E-state index in [4.69, 9.17) is 9.47 Å². The van der Waals surface area contributed by atoms with Crippen molar-refractivity contribution in [2.75, 3.05) is 31.1 Å². The van der Waals surface area contributed by atoms with Crippen molar-refractivity contribution < 1.29 is 33.8 Å². The van der Waals surface area contributed by atoms with Crippen LogP contribution >= 0.6 is 15.9 Å². The van der Waals surface area contributed by atoms with Crippen LogP contribution in [0.1, 0.15) is 30.9 Å². The summed E-state index contributed by atoms with van der Waals surface area (Å²) in [5.41, 5.74) is -0.0414. The summed E-state index contributed by atoms with van der Waals surface area (Å²) in [5, 5.41) is 14.9. The Balaban J connectivity index is 1.32. The fourth-order valence-electron chi connectivity index (χ4n) is 7.61. The predicted octanol–water partition coefficient (Wildman–Crippen LogP) is 4.47. The second kappa shape index (κ2) is 14.7. The van der Waals surface area contributed by atoms with Gasteiger partial charge in [0, 0.05) is 30.0 Å². The molecule has 3 aliphatic rings. The van der Waals surface area contributed by atoms with Crippen LogP contribution in [0.5, 0.6) is 0 Å². The van der Waals surface area contributed by atoms with E-state index in [9.17, 15) is 24.3 Å². The first kappa shape index (κ1) is 34.5. The second-order valence-electron chi connectivity index (χ2n) is 12.7. The lowest BCUT2D eigenvalue weighted by molar-refractivity contribution is -0.160. The van der Waals surface area contributed by atoms with Crippen LogP contribution in [0, 0.1) is 11.8 Å². The number of β-amino-alcohol motifs (C(OH)–C–C–N with tert-alkyl or cyclic N) is 1. The molecule has 2 N–H and O–H groups in total. The van der Waals surface area contributed by atoms with Gasteiger partial charge in [-0.3, -0.25) is 19.2 Å². The molecule has 3 saturated heterocycles. The summed E-state index contributed by atoms with van der Waals surface area (Å²) in [4.78, 5) is 58.3. The first-order valence-corrected chi connectivity index (χ1v) is 17.4. The number of rotatable bonds is 14. The summed E-state index contributed by atoms with van der Waals surface area (Å²) in [6, 6.07) is 21.5. The number of esters is 1. The number of likely N-dealkylation sites (tertiary alicyclic amines) is 1. The van der Waals surface area contributed by atoms with Crippen LogP contribution < -0.4 is 10.2 Å². The maximum absolute atomic E-state index is 14.7. The van der Waals surface area contributed by atoms with Crippen molar-refractivity contribution in [1.82, 2.24) is 10.2 Å². The Hall–Kier alpha value is -4.32. The zero-order valence-corrected chi connectivity index (χ0v) is 28.7. The van der Waals surface area contributed by atoms with Crippen LogP contribution in [-0.2, 0) is 28.7 Å². The number of aliphatic hydroxyl groups excluding tert-OH is 1. The quantitative estimate of drug-likeness (QED) is 0.143. The Labute approximate surface area is 293 Å². The van der Waals surface area contributed by atoms with Gasteiger partial charge in [-0.05, 0) is 41.3 Å². The molecule has 3 aliphatic heterocycles. The molecule has 3 aromatic carbocycles.